The van der Waals surface area contributed by atoms with Gasteiger partial charge in [0, 0.05) is 77.7 Å². The van der Waals surface area contributed by atoms with Gasteiger partial charge >= 0.3 is 18.3 Å². The van der Waals surface area contributed by atoms with Gasteiger partial charge in [0.2, 0.25) is 5.69 Å². The van der Waals surface area contributed by atoms with E-state index >= 15 is 0 Å². The molecule has 6 aromatic carbocycles. The summed E-state index contributed by atoms with van der Waals surface area (Å²) in [5.41, 5.74) is 22.6. The number of hydrogen-bond acceptors (Lipinski definition) is 21. The summed E-state index contributed by atoms with van der Waals surface area (Å²) in [5.74, 6) is 8.42. The van der Waals surface area contributed by atoms with Crippen LogP contribution in [0.2, 0.25) is 0 Å². The molecular weight excluding hydrogens is 1410 g/mol. The molecule has 0 radical (unpaired) electrons. The Bertz CT molecular complexity index is 5590. The minimum atomic E-state index is -0.595. The lowest BCUT2D eigenvalue weighted by atomic mass is 10.1. The lowest BCUT2D eigenvalue weighted by Crippen LogP contribution is -2.44. The van der Waals surface area contributed by atoms with E-state index in [9.17, 15) is 24.3 Å². The van der Waals surface area contributed by atoms with Crippen LogP contribution in [0.1, 0.15) is 85.9 Å². The molecule has 10 heterocycles. The summed E-state index contributed by atoms with van der Waals surface area (Å²) >= 11 is 0. The number of carbonyl (C=O) groups is 2. The number of nitrogens with zero attached hydrogens (tertiary/aromatic N) is 15. The zero-order valence-corrected chi connectivity index (χ0v) is 61.6. The summed E-state index contributed by atoms with van der Waals surface area (Å²) in [7, 11) is 0. The molecule has 0 aliphatic carbocycles. The van der Waals surface area contributed by atoms with Crippen LogP contribution in [0.3, 0.4) is 0 Å². The number of benzene rings is 6. The van der Waals surface area contributed by atoms with E-state index in [0.29, 0.717) is 70.8 Å². The van der Waals surface area contributed by atoms with Crippen molar-refractivity contribution < 1.29 is 33.8 Å². The zero-order valence-electron chi connectivity index (χ0n) is 60.7. The van der Waals surface area contributed by atoms with E-state index < -0.39 is 17.3 Å². The molecule has 0 saturated carbocycles. The van der Waals surface area contributed by atoms with Gasteiger partial charge in [-0.25, -0.2) is 38.7 Å². The maximum atomic E-state index is 13.0. The van der Waals surface area contributed by atoms with Gasteiger partial charge in [0.25, 0.3) is 11.1 Å². The molecule has 14 aromatic rings. The third-order valence-electron chi connectivity index (χ3n) is 17.4. The third-order valence-corrected chi connectivity index (χ3v) is 17.4. The number of nitrogens with one attached hydrogen (secondary N) is 4. The molecule has 2 aliphatic heterocycles. The number of ether oxygens (including phenoxy) is 2. The molecule has 32 nitrogen and oxygen atoms in total. The SMILES string of the molecule is CC(C)(C)OC(=O)N1CCC[C@@H](n2nc(-c3ccc(-n4cc5ccccc5n4)cc3)c3c(N)n[nH]c(=O)c32)C1.CC(C)(C)OC(=O)N1CCC[C@H](O)C1.Cl.NN.Nc1n[nH]c(=O)c2[nH]nc(-c3ccc(-n4cc5ccccc5n4)cc3)c12.O=C=O.[C-]#[N+]c1c(-c2ccc(-n3cc4ccccc4n3)cc2)n[nH]c1CC. The highest BCUT2D eigenvalue weighted by molar-refractivity contribution is 6.00. The van der Waals surface area contributed by atoms with E-state index in [0.717, 1.165) is 104 Å². The van der Waals surface area contributed by atoms with Crippen LogP contribution in [0.5, 0.6) is 0 Å². The van der Waals surface area contributed by atoms with Crippen LogP contribution in [-0.2, 0) is 25.5 Å². The van der Waals surface area contributed by atoms with Crippen molar-refractivity contribution in [2.75, 3.05) is 37.6 Å². The number of carbonyl (C=O) groups excluding carboxylic acids is 4. The Kier molecular flexibility index (Phi) is 24.7. The second-order valence-corrected chi connectivity index (χ2v) is 27.1. The number of halogens is 1. The molecule has 0 unspecified atom stereocenters. The number of piperidine rings is 2. The number of nitrogen functional groups attached to an aromatic ring is 2. The average molecular weight is 1500 g/mol. The summed E-state index contributed by atoms with van der Waals surface area (Å²) in [6, 6.07) is 47.1. The van der Waals surface area contributed by atoms with Gasteiger partial charge in [0.1, 0.15) is 33.6 Å². The molecule has 13 N–H and O–H groups in total. The zero-order chi connectivity index (χ0) is 77.0. The normalized spacial score (nSPS) is 14.0. The Hall–Kier alpha value is -13.2. The molecule has 0 spiro atoms. The molecule has 109 heavy (non-hydrogen) atoms. The number of anilines is 2. The molecule has 2 atom stereocenters. The van der Waals surface area contributed by atoms with Crippen molar-refractivity contribution in [3.8, 4) is 50.8 Å². The monoisotopic (exact) mass is 1500 g/mol. The Morgan fingerprint density at radius 2 is 0.972 bits per heavy atom. The standard InChI is InChI=1S/C28H30N8O3.C19H15N5.C18H13N7O.C10H19NO3.CO2.ClH.H4N2/c1-28(2,3)39-27(38)34-14-6-8-20(16-34)36-24-22(25(29)30-31-26(24)37)23(33-36)17-10-12-19(13-11-17)35-15-18-7-4-5-9-21(18)32-35;1-3-16-19(20-2)18(22-21-16)13-8-10-15(11-9-13)24-12-14-6-4-5-7-17(14)23-24;19-17-14-15(20-21-16(14)18(26)23-22-17)10-5-7-12(8-6-10)25-9-11-3-1-2-4-13(11)24-25;1-10(2,3)14-9(13)11-6-4-5-8(12)7-11;2-1-3;;1-2/h4-5,7,9-13,15,20H,6,8,14,16H2,1-3H3,(H2,29,30)(H,31,37);4-12H,3H2,1H3,(H,21,22);1-9H,(H2,19,22)(H,20,21)(H,23,26);8,12H,4-7H2,1-3H3;;1H;1-2H2/t20-;;;8-;;;/m1..0.../s1. The van der Waals surface area contributed by atoms with E-state index in [1.165, 1.54) is 0 Å². The van der Waals surface area contributed by atoms with E-state index in [1.807, 2.05) is 227 Å². The maximum Gasteiger partial charge on any atom is 0.410 e. The number of fused-ring (bicyclic) bond motifs is 5. The number of amides is 2. The first-order valence-electron chi connectivity index (χ1n) is 34.5. The molecule has 0 bridgehead atoms. The quantitative estimate of drug-likeness (QED) is 0.0387. The highest BCUT2D eigenvalue weighted by atomic mass is 35.5. The van der Waals surface area contributed by atoms with Crippen molar-refractivity contribution in [2.24, 2.45) is 11.7 Å². The van der Waals surface area contributed by atoms with Crippen molar-refractivity contribution in [1.82, 2.24) is 89.7 Å². The number of aryl methyl sites for hydroxylation is 1. The second kappa shape index (κ2) is 34.4. The van der Waals surface area contributed by atoms with Crippen LogP contribution < -0.4 is 34.3 Å². The molecule has 8 aromatic heterocycles. The number of rotatable bonds is 8. The Morgan fingerprint density at radius 3 is 1.41 bits per heavy atom. The summed E-state index contributed by atoms with van der Waals surface area (Å²) in [4.78, 5) is 72.3. The Labute approximate surface area is 629 Å². The molecule has 2 fully saturated rings. The summed E-state index contributed by atoms with van der Waals surface area (Å²) in [6.07, 6.45) is 9.04. The minimum Gasteiger partial charge on any atom is -0.444 e. The van der Waals surface area contributed by atoms with Gasteiger partial charge in [-0.3, -0.25) is 36.2 Å². The van der Waals surface area contributed by atoms with Gasteiger partial charge < -0.3 is 35.8 Å². The van der Waals surface area contributed by atoms with Crippen LogP contribution in [0.25, 0.3) is 110 Å². The number of hydrogen-bond donors (Lipinski definition) is 9. The number of H-pyrrole nitrogens is 4. The van der Waals surface area contributed by atoms with Gasteiger partial charge in [0.05, 0.1) is 68.8 Å². The lowest BCUT2D eigenvalue weighted by molar-refractivity contribution is -0.191. The van der Waals surface area contributed by atoms with Crippen LogP contribution in [0.4, 0.5) is 26.9 Å². The van der Waals surface area contributed by atoms with Gasteiger partial charge in [0.15, 0.2) is 11.6 Å². The Morgan fingerprint density at radius 1 is 0.560 bits per heavy atom. The summed E-state index contributed by atoms with van der Waals surface area (Å²) in [5, 5.41) is 59.2. The van der Waals surface area contributed by atoms with Gasteiger partial charge in [-0.2, -0.15) is 50.4 Å². The molecule has 33 heteroatoms. The van der Waals surface area contributed by atoms with E-state index in [2.05, 4.69) is 72.6 Å². The highest BCUT2D eigenvalue weighted by Gasteiger charge is 2.32. The first kappa shape index (κ1) is 78.4. The van der Waals surface area contributed by atoms with E-state index in [4.69, 9.17) is 42.2 Å². The van der Waals surface area contributed by atoms with Crippen molar-refractivity contribution in [1.29, 1.82) is 0 Å². The third kappa shape index (κ3) is 18.2. The summed E-state index contributed by atoms with van der Waals surface area (Å²) < 4.78 is 18.0. The van der Waals surface area contributed by atoms with Crippen molar-refractivity contribution >= 4 is 103 Å². The van der Waals surface area contributed by atoms with Crippen LogP contribution >= 0.6 is 12.4 Å². The number of β-amino-alcohol motifs (C(OH)–C–C–N with tert-alkyl or cyclic N) is 1. The first-order valence-corrected chi connectivity index (χ1v) is 34.5. The van der Waals surface area contributed by atoms with E-state index in [1.54, 1.807) is 14.5 Å². The minimum absolute atomic E-state index is 0. The predicted molar refractivity (Wildman–Crippen MR) is 416 cm³/mol. The van der Waals surface area contributed by atoms with E-state index in [-0.39, 0.29) is 59.5 Å². The number of aromatic amines is 4. The Balaban J connectivity index is 0.000000159. The fourth-order valence-corrected chi connectivity index (χ4v) is 12.4. The number of aliphatic hydroxyl groups is 1. The average Bonchev–Trinajstić information content (AvgIpc) is 1.61. The molecule has 2 saturated heterocycles. The van der Waals surface area contributed by atoms with Gasteiger partial charge in [-0.1, -0.05) is 97.9 Å². The van der Waals surface area contributed by atoms with Crippen molar-refractivity contribution in [3.63, 3.8) is 0 Å². The van der Waals surface area contributed by atoms with Crippen LogP contribution in [0.15, 0.2) is 174 Å². The van der Waals surface area contributed by atoms with Crippen molar-refractivity contribution in [3.05, 3.63) is 202 Å². The first-order chi connectivity index (χ1) is 52.0. The van der Waals surface area contributed by atoms with Crippen molar-refractivity contribution in [2.45, 2.75) is 104 Å². The number of hydrazine groups is 1. The molecule has 2 aliphatic rings. The number of nitrogens with two attached hydrogens (primary N) is 4. The number of aliphatic hydroxyl groups excluding tert-OH is 1. The highest BCUT2D eigenvalue weighted by Crippen LogP contribution is 2.36. The lowest BCUT2D eigenvalue weighted by Gasteiger charge is -2.34. The largest absolute Gasteiger partial charge is 0.444 e. The molecule has 2 amide bonds. The smallest absolute Gasteiger partial charge is 0.410 e. The number of aromatic nitrogens is 16. The summed E-state index contributed by atoms with van der Waals surface area (Å²) in [6.45, 7) is 22.5. The fourth-order valence-electron chi connectivity index (χ4n) is 12.4. The van der Waals surface area contributed by atoms with Crippen LogP contribution in [0, 0.1) is 6.57 Å². The fraction of sp³-hybridized carbons (Fsp3) is 0.263. The second-order valence-electron chi connectivity index (χ2n) is 27.1. The maximum absolute atomic E-state index is 13.0. The van der Waals surface area contributed by atoms with Gasteiger partial charge in [-0.15, -0.1) is 12.4 Å². The van der Waals surface area contributed by atoms with Gasteiger partial charge in [-0.05, 0) is 134 Å². The number of likely N-dealkylation sites (tertiary alicyclic amines) is 2. The predicted octanol–water partition coefficient (Wildman–Crippen LogP) is 11.1. The topological polar surface area (TPSA) is 442 Å². The molecule has 562 valence electrons. The molecule has 16 rings (SSSR count). The van der Waals surface area contributed by atoms with Crippen LogP contribution in [-0.4, -0.2) is 157 Å². The molecular formula is C76H82ClN23O9.